The molecule has 110 valence electrons. The highest BCUT2D eigenvalue weighted by molar-refractivity contribution is 5.81. The van der Waals surface area contributed by atoms with Gasteiger partial charge in [-0.05, 0) is 24.5 Å². The van der Waals surface area contributed by atoms with E-state index in [-0.39, 0.29) is 5.54 Å². The molecule has 0 fully saturated rings. The zero-order chi connectivity index (χ0) is 14.8. The number of benzene rings is 1. The molecule has 4 nitrogen and oxygen atoms in total. The van der Waals surface area contributed by atoms with Crippen molar-refractivity contribution in [2.45, 2.75) is 32.7 Å². The van der Waals surface area contributed by atoms with E-state index in [9.17, 15) is 0 Å². The van der Waals surface area contributed by atoms with Gasteiger partial charge in [0.05, 0.1) is 19.2 Å². The Bertz CT molecular complexity index is 498. The van der Waals surface area contributed by atoms with Gasteiger partial charge in [0.15, 0.2) is 5.96 Å². The van der Waals surface area contributed by atoms with Crippen molar-refractivity contribution in [3.8, 4) is 5.75 Å². The third kappa shape index (κ3) is 2.89. The molecule has 1 aliphatic rings. The van der Waals surface area contributed by atoms with Crippen molar-refractivity contribution in [3.05, 3.63) is 29.8 Å². The first-order chi connectivity index (χ1) is 9.46. The van der Waals surface area contributed by atoms with Crippen LogP contribution >= 0.6 is 0 Å². The Morgan fingerprint density at radius 1 is 1.40 bits per heavy atom. The predicted molar refractivity (Wildman–Crippen MR) is 83.1 cm³/mol. The molecule has 0 aliphatic carbocycles. The average molecular weight is 275 g/mol. The summed E-state index contributed by atoms with van der Waals surface area (Å²) >= 11 is 0. The minimum atomic E-state index is -0.0665. The lowest BCUT2D eigenvalue weighted by Gasteiger charge is -2.37. The third-order valence-electron chi connectivity index (χ3n) is 3.82. The van der Waals surface area contributed by atoms with Crippen LogP contribution < -0.4 is 10.5 Å². The van der Waals surface area contributed by atoms with E-state index in [0.29, 0.717) is 11.9 Å². The molecule has 20 heavy (non-hydrogen) atoms. The van der Waals surface area contributed by atoms with Gasteiger partial charge in [-0.1, -0.05) is 32.0 Å². The number of hydrogen-bond donors (Lipinski definition) is 1. The van der Waals surface area contributed by atoms with E-state index in [0.717, 1.165) is 25.3 Å². The van der Waals surface area contributed by atoms with Crippen molar-refractivity contribution in [2.75, 3.05) is 20.2 Å². The summed E-state index contributed by atoms with van der Waals surface area (Å²) in [6, 6.07) is 8.17. The van der Waals surface area contributed by atoms with Crippen LogP contribution in [0.2, 0.25) is 0 Å². The maximum atomic E-state index is 6.07. The highest BCUT2D eigenvalue weighted by Gasteiger charge is 2.38. The fraction of sp³-hybridized carbons (Fsp3) is 0.562. The minimum Gasteiger partial charge on any atom is -0.496 e. The number of aliphatic imine (C=N–C) groups is 1. The molecule has 1 aromatic rings. The zero-order valence-electron chi connectivity index (χ0n) is 12.9. The van der Waals surface area contributed by atoms with Crippen molar-refractivity contribution < 1.29 is 4.74 Å². The van der Waals surface area contributed by atoms with Gasteiger partial charge < -0.3 is 15.4 Å². The molecule has 0 saturated carbocycles. The summed E-state index contributed by atoms with van der Waals surface area (Å²) in [5.74, 6) is 2.15. The maximum absolute atomic E-state index is 6.07. The molecule has 4 heteroatoms. The highest BCUT2D eigenvalue weighted by Crippen LogP contribution is 2.30. The second-order valence-electron chi connectivity index (χ2n) is 6.16. The molecule has 1 aromatic carbocycles. The van der Waals surface area contributed by atoms with Gasteiger partial charge in [0.2, 0.25) is 0 Å². The van der Waals surface area contributed by atoms with E-state index in [1.54, 1.807) is 7.11 Å². The lowest BCUT2D eigenvalue weighted by molar-refractivity contribution is 0.200. The maximum Gasteiger partial charge on any atom is 0.191 e. The number of methoxy groups -OCH3 is 1. The second kappa shape index (κ2) is 5.73. The molecule has 0 bridgehead atoms. The summed E-state index contributed by atoms with van der Waals surface area (Å²) in [5, 5.41) is 0. The number of guanidine groups is 1. The molecule has 0 amide bonds. The van der Waals surface area contributed by atoms with E-state index in [1.165, 1.54) is 5.56 Å². The first kappa shape index (κ1) is 14.7. The standard InChI is InChI=1S/C16H25N3O/c1-12(2)10-19-15(17)18-11-16(19,3)9-13-7-5-6-8-14(13)20-4/h5-8,12H,9-11H2,1-4H3,(H2,17,18). The lowest BCUT2D eigenvalue weighted by Crippen LogP contribution is -2.52. The van der Waals surface area contributed by atoms with Crippen LogP contribution in [-0.4, -0.2) is 36.6 Å². The first-order valence-corrected chi connectivity index (χ1v) is 7.16. The van der Waals surface area contributed by atoms with Crippen molar-refractivity contribution in [1.29, 1.82) is 0 Å². The molecule has 1 atom stereocenters. The number of nitrogens with two attached hydrogens (primary N) is 1. The molecule has 0 saturated heterocycles. The van der Waals surface area contributed by atoms with Crippen LogP contribution in [0.25, 0.3) is 0 Å². The third-order valence-corrected chi connectivity index (χ3v) is 3.82. The molecule has 1 heterocycles. The first-order valence-electron chi connectivity index (χ1n) is 7.16. The van der Waals surface area contributed by atoms with Gasteiger partial charge in [0, 0.05) is 13.0 Å². The average Bonchev–Trinajstić information content (AvgIpc) is 2.67. The van der Waals surface area contributed by atoms with Crippen LogP contribution in [0.15, 0.2) is 29.3 Å². The minimum absolute atomic E-state index is 0.0665. The van der Waals surface area contributed by atoms with Gasteiger partial charge in [-0.3, -0.25) is 4.99 Å². The molecule has 0 spiro atoms. The van der Waals surface area contributed by atoms with Gasteiger partial charge in [-0.25, -0.2) is 0 Å². The Hall–Kier alpha value is -1.71. The zero-order valence-corrected chi connectivity index (χ0v) is 12.9. The summed E-state index contributed by atoms with van der Waals surface area (Å²) in [6.07, 6.45) is 0.883. The Morgan fingerprint density at radius 2 is 2.10 bits per heavy atom. The normalized spacial score (nSPS) is 22.2. The van der Waals surface area contributed by atoms with E-state index in [2.05, 4.69) is 36.7 Å². The van der Waals surface area contributed by atoms with Crippen LogP contribution in [0.4, 0.5) is 0 Å². The Labute approximate surface area is 121 Å². The monoisotopic (exact) mass is 275 g/mol. The predicted octanol–water partition coefficient (Wildman–Crippen LogP) is 2.28. The van der Waals surface area contributed by atoms with E-state index < -0.39 is 0 Å². The molecule has 2 N–H and O–H groups in total. The van der Waals surface area contributed by atoms with Gasteiger partial charge in [-0.2, -0.15) is 0 Å². The summed E-state index contributed by atoms with van der Waals surface area (Å²) in [4.78, 5) is 6.70. The summed E-state index contributed by atoms with van der Waals surface area (Å²) in [7, 11) is 1.71. The molecular formula is C16H25N3O. The Morgan fingerprint density at radius 3 is 2.75 bits per heavy atom. The van der Waals surface area contributed by atoms with Crippen LogP contribution in [0.5, 0.6) is 5.75 Å². The Balaban J connectivity index is 2.22. The van der Waals surface area contributed by atoms with Crippen LogP contribution in [0.3, 0.4) is 0 Å². The van der Waals surface area contributed by atoms with Crippen molar-refractivity contribution in [3.63, 3.8) is 0 Å². The summed E-state index contributed by atoms with van der Waals surface area (Å²) in [6.45, 7) is 8.31. The quantitative estimate of drug-likeness (QED) is 0.897. The number of nitrogens with zero attached hydrogens (tertiary/aromatic N) is 2. The van der Waals surface area contributed by atoms with E-state index in [4.69, 9.17) is 10.5 Å². The lowest BCUT2D eigenvalue weighted by atomic mass is 9.90. The second-order valence-corrected chi connectivity index (χ2v) is 6.16. The van der Waals surface area contributed by atoms with Crippen molar-refractivity contribution >= 4 is 5.96 Å². The van der Waals surface area contributed by atoms with Crippen LogP contribution in [-0.2, 0) is 6.42 Å². The van der Waals surface area contributed by atoms with Crippen molar-refractivity contribution in [2.24, 2.45) is 16.6 Å². The molecule has 0 aromatic heterocycles. The number of hydrogen-bond acceptors (Lipinski definition) is 4. The van der Waals surface area contributed by atoms with Crippen molar-refractivity contribution in [1.82, 2.24) is 4.90 Å². The number of ether oxygens (including phenoxy) is 1. The highest BCUT2D eigenvalue weighted by atomic mass is 16.5. The molecule has 1 aliphatic heterocycles. The van der Waals surface area contributed by atoms with E-state index >= 15 is 0 Å². The van der Waals surface area contributed by atoms with Gasteiger partial charge in [0.25, 0.3) is 0 Å². The van der Waals surface area contributed by atoms with Gasteiger partial charge >= 0.3 is 0 Å². The molecular weight excluding hydrogens is 250 g/mol. The molecule has 0 radical (unpaired) electrons. The van der Waals surface area contributed by atoms with Crippen LogP contribution in [0.1, 0.15) is 26.3 Å². The number of para-hydroxylation sites is 1. The Kier molecular flexibility index (Phi) is 4.21. The summed E-state index contributed by atoms with van der Waals surface area (Å²) < 4.78 is 5.46. The smallest absolute Gasteiger partial charge is 0.191 e. The SMILES string of the molecule is COc1ccccc1CC1(C)CN=C(N)N1CC(C)C. The fourth-order valence-corrected chi connectivity index (χ4v) is 2.79. The topological polar surface area (TPSA) is 50.9 Å². The number of rotatable bonds is 5. The summed E-state index contributed by atoms with van der Waals surface area (Å²) in [5.41, 5.74) is 7.21. The molecule has 2 rings (SSSR count). The van der Waals surface area contributed by atoms with Gasteiger partial charge in [0.1, 0.15) is 5.75 Å². The largest absolute Gasteiger partial charge is 0.496 e. The fourth-order valence-electron chi connectivity index (χ4n) is 2.79. The molecule has 1 unspecified atom stereocenters. The van der Waals surface area contributed by atoms with Gasteiger partial charge in [-0.15, -0.1) is 0 Å². The van der Waals surface area contributed by atoms with E-state index in [1.807, 2.05) is 18.2 Å². The van der Waals surface area contributed by atoms with Crippen LogP contribution in [0, 0.1) is 5.92 Å².